The number of hydrogen-bond acceptors (Lipinski definition) is 20. The van der Waals surface area contributed by atoms with Crippen LogP contribution in [0.15, 0.2) is 42.4 Å². The van der Waals surface area contributed by atoms with E-state index in [0.717, 1.165) is 17.1 Å². The number of hydrogen-bond donors (Lipinski definition) is 8. The second kappa shape index (κ2) is 19.2. The molecule has 26 nitrogen and oxygen atoms in total. The molecule has 58 heavy (non-hydrogen) atoms. The van der Waals surface area contributed by atoms with Crippen molar-refractivity contribution < 1.29 is 76.1 Å². The van der Waals surface area contributed by atoms with Crippen LogP contribution in [0.1, 0.15) is 38.6 Å². The van der Waals surface area contributed by atoms with E-state index < -0.39 is 102 Å². The number of nitrogen functional groups attached to an aromatic ring is 2. The Morgan fingerprint density at radius 3 is 2.38 bits per heavy atom. The predicted octanol–water partition coefficient (Wildman–Crippen LogP) is -1.83. The average Bonchev–Trinajstić information content (AvgIpc) is 3.82. The van der Waals surface area contributed by atoms with Crippen molar-refractivity contribution in [3.63, 3.8) is 0 Å². The maximum atomic E-state index is 13.6. The topological polar surface area (TPSA) is 377 Å². The SMILES string of the molecule is C=CCCC(=O)N[C@@H](COCCC)C(=O)O[C@H]1[C@@H](O)[C@H](n2cnc3c(N)ncnc32)O[C@@H]1COP(=O)(O)O[C@H]1[C@@H](O)[C@H](n2ccc(N)nc2=O)O[C@@H]1COP(=O)(O)O. The number of fused-ring (bicyclic) bond motifs is 1. The number of nitrogens with two attached hydrogens (primary N) is 2. The van der Waals surface area contributed by atoms with Crippen LogP contribution in [0.3, 0.4) is 0 Å². The Labute approximate surface area is 327 Å². The fourth-order valence-electron chi connectivity index (χ4n) is 5.87. The third-order valence-corrected chi connectivity index (χ3v) is 10.0. The van der Waals surface area contributed by atoms with E-state index in [1.54, 1.807) is 0 Å². The molecule has 2 aliphatic heterocycles. The molecule has 5 rings (SSSR count). The van der Waals surface area contributed by atoms with Crippen molar-refractivity contribution >= 4 is 50.3 Å². The van der Waals surface area contributed by atoms with Crippen LogP contribution >= 0.6 is 15.6 Å². The second-order valence-corrected chi connectivity index (χ2v) is 15.4. The molecule has 3 aromatic rings. The summed E-state index contributed by atoms with van der Waals surface area (Å²) in [7, 11) is -10.6. The Hall–Kier alpha value is -4.27. The van der Waals surface area contributed by atoms with Crippen molar-refractivity contribution in [2.24, 2.45) is 0 Å². The summed E-state index contributed by atoms with van der Waals surface area (Å²) in [4.78, 5) is 83.7. The summed E-state index contributed by atoms with van der Waals surface area (Å²) < 4.78 is 64.5. The van der Waals surface area contributed by atoms with Crippen LogP contribution in [0.5, 0.6) is 0 Å². The fraction of sp³-hybridized carbons (Fsp3) is 0.567. The van der Waals surface area contributed by atoms with E-state index in [2.05, 4.69) is 36.4 Å². The number of ether oxygens (including phenoxy) is 4. The lowest BCUT2D eigenvalue weighted by Crippen LogP contribution is -2.48. The molecule has 10 N–H and O–H groups in total. The molecule has 2 fully saturated rings. The van der Waals surface area contributed by atoms with E-state index in [1.165, 1.54) is 23.0 Å². The van der Waals surface area contributed by atoms with Crippen molar-refractivity contribution in [2.45, 2.75) is 81.3 Å². The number of aliphatic hydroxyl groups is 2. The molecule has 1 amide bonds. The van der Waals surface area contributed by atoms with Gasteiger partial charge in [-0.15, -0.1) is 6.58 Å². The van der Waals surface area contributed by atoms with E-state index >= 15 is 0 Å². The number of phosphoric ester groups is 2. The molecule has 28 heteroatoms. The molecular weight excluding hydrogens is 820 g/mol. The smallest absolute Gasteiger partial charge is 0.455 e. The molecule has 5 heterocycles. The molecule has 0 saturated carbocycles. The van der Waals surface area contributed by atoms with Crippen molar-refractivity contribution in [2.75, 3.05) is 37.9 Å². The molecule has 0 aliphatic carbocycles. The minimum Gasteiger partial charge on any atom is -0.455 e. The van der Waals surface area contributed by atoms with E-state index in [9.17, 15) is 48.4 Å². The number of carbonyl (C=O) groups excluding carboxylic acids is 2. The zero-order chi connectivity index (χ0) is 42.4. The lowest BCUT2D eigenvalue weighted by molar-refractivity contribution is -0.162. The lowest BCUT2D eigenvalue weighted by Gasteiger charge is -2.26. The molecule has 0 aromatic carbocycles. The molecule has 0 radical (unpaired) electrons. The first-order valence-corrected chi connectivity index (χ1v) is 20.4. The number of carbonyl (C=O) groups is 2. The summed E-state index contributed by atoms with van der Waals surface area (Å²) in [5.74, 6) is -1.81. The Morgan fingerprint density at radius 1 is 1.03 bits per heavy atom. The Bertz CT molecular complexity index is 2080. The zero-order valence-electron chi connectivity index (χ0n) is 30.6. The van der Waals surface area contributed by atoms with Gasteiger partial charge >= 0.3 is 27.3 Å². The molecule has 0 bridgehead atoms. The highest BCUT2D eigenvalue weighted by Crippen LogP contribution is 2.50. The summed E-state index contributed by atoms with van der Waals surface area (Å²) in [6, 6.07) is -0.205. The van der Waals surface area contributed by atoms with Gasteiger partial charge in [-0.2, -0.15) is 4.98 Å². The summed E-state index contributed by atoms with van der Waals surface area (Å²) in [5.41, 5.74) is 10.6. The third kappa shape index (κ3) is 11.1. The Kier molecular flexibility index (Phi) is 14.8. The van der Waals surface area contributed by atoms with E-state index in [4.69, 9.17) is 39.5 Å². The second-order valence-electron chi connectivity index (χ2n) is 12.8. The highest BCUT2D eigenvalue weighted by atomic mass is 31.2. The Morgan fingerprint density at radius 2 is 1.71 bits per heavy atom. The molecule has 2 aliphatic rings. The minimum absolute atomic E-state index is 0.0121. The third-order valence-electron chi connectivity index (χ3n) is 8.55. The van der Waals surface area contributed by atoms with E-state index in [-0.39, 0.29) is 42.4 Å². The fourth-order valence-corrected chi connectivity index (χ4v) is 7.18. The molecule has 10 atom stereocenters. The van der Waals surface area contributed by atoms with Gasteiger partial charge in [0, 0.05) is 19.2 Å². The molecule has 1 unspecified atom stereocenters. The lowest BCUT2D eigenvalue weighted by atomic mass is 10.1. The maximum absolute atomic E-state index is 13.6. The minimum atomic E-state index is -5.40. The monoisotopic (exact) mass is 863 g/mol. The average molecular weight is 864 g/mol. The first-order valence-electron chi connectivity index (χ1n) is 17.4. The summed E-state index contributed by atoms with van der Waals surface area (Å²) in [6.07, 6.45) is -8.04. The van der Waals surface area contributed by atoms with Gasteiger partial charge in [0.05, 0.1) is 26.1 Å². The van der Waals surface area contributed by atoms with Crippen LogP contribution in [-0.4, -0.2) is 135 Å². The van der Waals surface area contributed by atoms with Crippen molar-refractivity contribution in [1.82, 2.24) is 34.4 Å². The van der Waals surface area contributed by atoms with Crippen molar-refractivity contribution in [3.05, 3.63) is 48.1 Å². The zero-order valence-corrected chi connectivity index (χ0v) is 32.4. The first kappa shape index (κ1) is 44.8. The van der Waals surface area contributed by atoms with Gasteiger partial charge in [-0.1, -0.05) is 13.0 Å². The number of anilines is 2. The Balaban J connectivity index is 1.39. The number of phosphoric acid groups is 2. The molecule has 3 aromatic heterocycles. The van der Waals surface area contributed by atoms with Crippen LogP contribution in [0.2, 0.25) is 0 Å². The van der Waals surface area contributed by atoms with Gasteiger partial charge in [-0.3, -0.25) is 27.5 Å². The highest BCUT2D eigenvalue weighted by molar-refractivity contribution is 7.47. The molecule has 2 saturated heterocycles. The largest absolute Gasteiger partial charge is 0.472 e. The summed E-state index contributed by atoms with van der Waals surface area (Å²) in [5, 5.41) is 25.2. The molecule has 0 spiro atoms. The quantitative estimate of drug-likeness (QED) is 0.0268. The van der Waals surface area contributed by atoms with Gasteiger partial charge in [0.25, 0.3) is 0 Å². The van der Waals surface area contributed by atoms with Crippen LogP contribution in [-0.2, 0) is 51.2 Å². The maximum Gasteiger partial charge on any atom is 0.472 e. The number of aromatic nitrogens is 6. The van der Waals surface area contributed by atoms with Gasteiger partial charge in [0.1, 0.15) is 48.2 Å². The standard InChI is InChI=1S/C30H43N9O17P2/c1-3-5-6-19(40)36-15(10-50-9-4-2)29(43)55-23-16(53-28(21(23)41)39-14-35-20-25(32)33-13-34-26(20)39)12-52-58(48,49)56-24-17(11-51-57(45,46)47)54-27(22(24)42)38-8-7-18(31)37-30(38)44/h3,7-8,13-17,21-24,27-28,41-42H,1,4-6,9-12H2,2H3,(H,36,40)(H,48,49)(H2,31,37,44)(H2,32,33,34)(H2,45,46,47)/t15-,16+,17+,21+,22+,23+,24+,27+,28+/m0/s1. The van der Waals surface area contributed by atoms with Gasteiger partial charge < -0.3 is 60.6 Å². The van der Waals surface area contributed by atoms with Crippen molar-refractivity contribution in [1.29, 1.82) is 0 Å². The number of amides is 1. The van der Waals surface area contributed by atoms with Crippen LogP contribution in [0.4, 0.5) is 11.6 Å². The normalized spacial score (nSPS) is 26.3. The van der Waals surface area contributed by atoms with Gasteiger partial charge in [0.15, 0.2) is 36.1 Å². The summed E-state index contributed by atoms with van der Waals surface area (Å²) in [6.45, 7) is 3.31. The molecular formula is C30H43N9O17P2. The van der Waals surface area contributed by atoms with Crippen LogP contribution < -0.4 is 22.5 Å². The number of nitrogens with zero attached hydrogens (tertiary/aromatic N) is 6. The van der Waals surface area contributed by atoms with Gasteiger partial charge in [-0.25, -0.2) is 33.7 Å². The predicted molar refractivity (Wildman–Crippen MR) is 193 cm³/mol. The number of rotatable bonds is 20. The van der Waals surface area contributed by atoms with E-state index in [0.29, 0.717) is 12.8 Å². The number of allylic oxidation sites excluding steroid dienone is 1. The molecule has 320 valence electrons. The number of esters is 1. The highest BCUT2D eigenvalue weighted by Gasteiger charge is 2.52. The number of imidazole rings is 1. The number of nitrogens with one attached hydrogen (secondary N) is 1. The van der Waals surface area contributed by atoms with Gasteiger partial charge in [-0.05, 0) is 18.9 Å². The van der Waals surface area contributed by atoms with Crippen LogP contribution in [0.25, 0.3) is 11.2 Å². The van der Waals surface area contributed by atoms with Crippen molar-refractivity contribution in [3.8, 4) is 0 Å². The number of aliphatic hydroxyl groups excluding tert-OH is 2. The summed E-state index contributed by atoms with van der Waals surface area (Å²) >= 11 is 0. The first-order chi connectivity index (χ1) is 27.4. The van der Waals surface area contributed by atoms with Crippen LogP contribution in [0, 0.1) is 0 Å². The van der Waals surface area contributed by atoms with Gasteiger partial charge in [0.2, 0.25) is 5.91 Å². The van der Waals surface area contributed by atoms with E-state index in [1.807, 2.05) is 6.92 Å².